The van der Waals surface area contributed by atoms with E-state index in [9.17, 15) is 0 Å². The minimum Gasteiger partial charge on any atom is -0.378 e. The Bertz CT molecular complexity index is 431. The third-order valence-corrected chi connectivity index (χ3v) is 4.64. The summed E-state index contributed by atoms with van der Waals surface area (Å²) >= 11 is 0. The Kier molecular flexibility index (Phi) is 6.24. The highest BCUT2D eigenvalue weighted by molar-refractivity contribution is 5.30. The van der Waals surface area contributed by atoms with Crippen molar-refractivity contribution in [1.29, 1.82) is 0 Å². The summed E-state index contributed by atoms with van der Waals surface area (Å²) in [4.78, 5) is 0. The van der Waals surface area contributed by atoms with Crippen molar-refractivity contribution in [2.75, 3.05) is 13.7 Å². The Hall–Kier alpha value is -0.870. The predicted molar refractivity (Wildman–Crippen MR) is 86.7 cm³/mol. The first-order chi connectivity index (χ1) is 10.2. The van der Waals surface area contributed by atoms with E-state index in [0.29, 0.717) is 12.1 Å². The molecule has 1 aliphatic rings. The largest absolute Gasteiger partial charge is 0.378 e. The lowest BCUT2D eigenvalue weighted by Gasteiger charge is -2.17. The molecular weight excluding hydrogens is 262 g/mol. The molecule has 1 saturated heterocycles. The van der Waals surface area contributed by atoms with Gasteiger partial charge in [-0.2, -0.15) is 5.10 Å². The van der Waals surface area contributed by atoms with Gasteiger partial charge in [0.15, 0.2) is 0 Å². The highest BCUT2D eigenvalue weighted by Gasteiger charge is 2.22. The van der Waals surface area contributed by atoms with Crippen LogP contribution in [0, 0.1) is 0 Å². The van der Waals surface area contributed by atoms with E-state index in [0.717, 1.165) is 38.8 Å². The van der Waals surface area contributed by atoms with E-state index in [-0.39, 0.29) is 0 Å². The van der Waals surface area contributed by atoms with Gasteiger partial charge < -0.3 is 10.1 Å². The molecular formula is C17H31N3O. The van der Waals surface area contributed by atoms with Crippen molar-refractivity contribution in [3.8, 4) is 0 Å². The zero-order valence-electron chi connectivity index (χ0n) is 14.1. The number of nitrogens with one attached hydrogen (secondary N) is 1. The molecule has 0 saturated carbocycles. The van der Waals surface area contributed by atoms with Crippen LogP contribution in [0.4, 0.5) is 0 Å². The van der Waals surface area contributed by atoms with Crippen LogP contribution in [0.2, 0.25) is 0 Å². The molecule has 1 fully saturated rings. The average molecular weight is 293 g/mol. The molecule has 4 nitrogen and oxygen atoms in total. The third kappa shape index (κ3) is 3.67. The zero-order valence-corrected chi connectivity index (χ0v) is 14.1. The molecule has 0 aromatic carbocycles. The number of aryl methyl sites for hydroxylation is 2. The molecule has 1 N–H and O–H groups in total. The minimum absolute atomic E-state index is 0.423. The quantitative estimate of drug-likeness (QED) is 0.799. The Morgan fingerprint density at radius 1 is 1.33 bits per heavy atom. The van der Waals surface area contributed by atoms with Gasteiger partial charge in [-0.25, -0.2) is 0 Å². The topological polar surface area (TPSA) is 39.1 Å². The lowest BCUT2D eigenvalue weighted by Crippen LogP contribution is -2.18. The molecule has 120 valence electrons. The highest BCUT2D eigenvalue weighted by atomic mass is 16.5. The number of hydrogen-bond acceptors (Lipinski definition) is 3. The van der Waals surface area contributed by atoms with E-state index >= 15 is 0 Å². The summed E-state index contributed by atoms with van der Waals surface area (Å²) in [5.41, 5.74) is 4.11. The van der Waals surface area contributed by atoms with Gasteiger partial charge >= 0.3 is 0 Å². The Labute approximate surface area is 129 Å². The van der Waals surface area contributed by atoms with Crippen molar-refractivity contribution in [2.45, 2.75) is 78.0 Å². The van der Waals surface area contributed by atoms with Crippen molar-refractivity contribution in [3.63, 3.8) is 0 Å². The van der Waals surface area contributed by atoms with Gasteiger partial charge in [0.25, 0.3) is 0 Å². The van der Waals surface area contributed by atoms with Crippen LogP contribution in [0.1, 0.15) is 69.4 Å². The molecule has 0 spiro atoms. The monoisotopic (exact) mass is 293 g/mol. The summed E-state index contributed by atoms with van der Waals surface area (Å²) in [6, 6.07) is 0.423. The maximum absolute atomic E-state index is 5.75. The van der Waals surface area contributed by atoms with Crippen molar-refractivity contribution >= 4 is 0 Å². The second-order valence-electron chi connectivity index (χ2n) is 5.91. The van der Waals surface area contributed by atoms with Crippen molar-refractivity contribution in [2.24, 2.45) is 0 Å². The normalized spacial score (nSPS) is 20.1. The zero-order chi connectivity index (χ0) is 15.2. The van der Waals surface area contributed by atoms with Gasteiger partial charge in [-0.1, -0.05) is 20.8 Å². The number of rotatable bonds is 8. The van der Waals surface area contributed by atoms with Crippen LogP contribution in [0.25, 0.3) is 0 Å². The summed E-state index contributed by atoms with van der Waals surface area (Å²) in [5, 5.41) is 8.35. The van der Waals surface area contributed by atoms with Gasteiger partial charge in [0.1, 0.15) is 0 Å². The number of nitrogens with zero attached hydrogens (tertiary/aromatic N) is 2. The summed E-state index contributed by atoms with van der Waals surface area (Å²) in [5.74, 6) is 0. The lowest BCUT2D eigenvalue weighted by molar-refractivity contribution is 0.0992. The molecule has 1 aromatic rings. The summed E-state index contributed by atoms with van der Waals surface area (Å²) in [6.45, 7) is 8.61. The van der Waals surface area contributed by atoms with Crippen LogP contribution in [0.15, 0.2) is 0 Å². The minimum atomic E-state index is 0.423. The van der Waals surface area contributed by atoms with Gasteiger partial charge in [0, 0.05) is 30.5 Å². The van der Waals surface area contributed by atoms with E-state index in [2.05, 4.69) is 37.8 Å². The standard InChI is InChI=1S/C17H31N3O/c1-5-14(18-4)17-15(6-2)19-20(16(17)7-3)11-10-13-9-8-12-21-13/h13-14,18H,5-12H2,1-4H3. The summed E-state index contributed by atoms with van der Waals surface area (Å²) in [7, 11) is 2.05. The lowest BCUT2D eigenvalue weighted by atomic mass is 9.99. The molecule has 21 heavy (non-hydrogen) atoms. The van der Waals surface area contributed by atoms with Gasteiger partial charge in [0.2, 0.25) is 0 Å². The Morgan fingerprint density at radius 2 is 2.14 bits per heavy atom. The van der Waals surface area contributed by atoms with E-state index in [1.165, 1.54) is 29.8 Å². The summed E-state index contributed by atoms with van der Waals surface area (Å²) < 4.78 is 7.99. The molecule has 2 unspecified atom stereocenters. The van der Waals surface area contributed by atoms with Crippen molar-refractivity contribution in [3.05, 3.63) is 17.0 Å². The number of aromatic nitrogens is 2. The van der Waals surface area contributed by atoms with Crippen LogP contribution >= 0.6 is 0 Å². The van der Waals surface area contributed by atoms with Gasteiger partial charge in [-0.3, -0.25) is 4.68 Å². The molecule has 2 heterocycles. The fraction of sp³-hybridized carbons (Fsp3) is 0.824. The maximum atomic E-state index is 5.75. The molecule has 4 heteroatoms. The molecule has 1 aliphatic heterocycles. The second-order valence-corrected chi connectivity index (χ2v) is 5.91. The molecule has 2 rings (SSSR count). The molecule has 0 radical (unpaired) electrons. The van der Waals surface area contributed by atoms with Crippen LogP contribution in [-0.4, -0.2) is 29.5 Å². The second kappa shape index (κ2) is 7.95. The van der Waals surface area contributed by atoms with Crippen molar-refractivity contribution in [1.82, 2.24) is 15.1 Å². The van der Waals surface area contributed by atoms with E-state index < -0.39 is 0 Å². The smallest absolute Gasteiger partial charge is 0.0672 e. The predicted octanol–water partition coefficient (Wildman–Crippen LogP) is 3.25. The number of ether oxygens (including phenoxy) is 1. The van der Waals surface area contributed by atoms with Crippen LogP contribution in [0.5, 0.6) is 0 Å². The SMILES string of the molecule is CCc1nn(CCC2CCCO2)c(CC)c1C(CC)NC. The Morgan fingerprint density at radius 3 is 2.67 bits per heavy atom. The molecule has 0 amide bonds. The fourth-order valence-electron chi connectivity index (χ4n) is 3.48. The van der Waals surface area contributed by atoms with Crippen LogP contribution in [0.3, 0.4) is 0 Å². The molecule has 0 aliphatic carbocycles. The first kappa shape index (κ1) is 16.5. The molecule has 2 atom stereocenters. The highest BCUT2D eigenvalue weighted by Crippen LogP contribution is 2.26. The van der Waals surface area contributed by atoms with Gasteiger partial charge in [0.05, 0.1) is 11.8 Å². The molecule has 0 bridgehead atoms. The van der Waals surface area contributed by atoms with Gasteiger partial charge in [-0.05, 0) is 45.6 Å². The van der Waals surface area contributed by atoms with E-state index in [1.807, 2.05) is 0 Å². The third-order valence-electron chi connectivity index (χ3n) is 4.64. The number of hydrogen-bond donors (Lipinski definition) is 1. The van der Waals surface area contributed by atoms with Crippen LogP contribution < -0.4 is 5.32 Å². The Balaban J connectivity index is 2.19. The maximum Gasteiger partial charge on any atom is 0.0672 e. The van der Waals surface area contributed by atoms with E-state index in [1.54, 1.807) is 0 Å². The summed E-state index contributed by atoms with van der Waals surface area (Å²) in [6.07, 6.45) is 7.12. The van der Waals surface area contributed by atoms with E-state index in [4.69, 9.17) is 9.84 Å². The van der Waals surface area contributed by atoms with Gasteiger partial charge in [-0.15, -0.1) is 0 Å². The fourth-order valence-corrected chi connectivity index (χ4v) is 3.48. The molecule has 1 aromatic heterocycles. The first-order valence-electron chi connectivity index (χ1n) is 8.62. The van der Waals surface area contributed by atoms with Crippen molar-refractivity contribution < 1.29 is 4.74 Å². The average Bonchev–Trinajstić information content (AvgIpc) is 3.13. The van der Waals surface area contributed by atoms with Crippen LogP contribution in [-0.2, 0) is 24.1 Å². The first-order valence-corrected chi connectivity index (χ1v) is 8.62.